The highest BCUT2D eigenvalue weighted by Gasteiger charge is 2.11. The van der Waals surface area contributed by atoms with Crippen LogP contribution in [0.4, 0.5) is 4.39 Å². The molecule has 0 atom stereocenters. The fourth-order valence-corrected chi connectivity index (χ4v) is 1.46. The van der Waals surface area contributed by atoms with Gasteiger partial charge in [-0.25, -0.2) is 4.68 Å². The SMILES string of the molecule is Fc1[nH]ncc1-n1nnc2ccccc21. The van der Waals surface area contributed by atoms with Gasteiger partial charge in [0.1, 0.15) is 11.2 Å². The van der Waals surface area contributed by atoms with Crippen LogP contribution in [0.1, 0.15) is 0 Å². The van der Waals surface area contributed by atoms with Crippen molar-refractivity contribution in [2.45, 2.75) is 0 Å². The molecule has 0 fully saturated rings. The van der Waals surface area contributed by atoms with Crippen molar-refractivity contribution in [3.8, 4) is 5.69 Å². The molecule has 0 aliphatic carbocycles. The molecule has 1 aromatic carbocycles. The van der Waals surface area contributed by atoms with Gasteiger partial charge in [0, 0.05) is 0 Å². The molecule has 5 nitrogen and oxygen atoms in total. The molecule has 0 saturated heterocycles. The zero-order valence-electron chi connectivity index (χ0n) is 7.55. The largest absolute Gasteiger partial charge is 0.251 e. The maximum Gasteiger partial charge on any atom is 0.234 e. The van der Waals surface area contributed by atoms with E-state index in [4.69, 9.17) is 0 Å². The van der Waals surface area contributed by atoms with Crippen LogP contribution in [0.3, 0.4) is 0 Å². The van der Waals surface area contributed by atoms with E-state index in [2.05, 4.69) is 20.5 Å². The summed E-state index contributed by atoms with van der Waals surface area (Å²) in [6.45, 7) is 0. The first-order valence-electron chi connectivity index (χ1n) is 4.36. The molecule has 3 rings (SSSR count). The summed E-state index contributed by atoms with van der Waals surface area (Å²) in [5, 5.41) is 13.6. The summed E-state index contributed by atoms with van der Waals surface area (Å²) < 4.78 is 14.6. The lowest BCUT2D eigenvalue weighted by molar-refractivity contribution is 0.567. The second-order valence-electron chi connectivity index (χ2n) is 3.06. The van der Waals surface area contributed by atoms with Crippen molar-refractivity contribution in [1.82, 2.24) is 25.2 Å². The monoisotopic (exact) mass is 203 g/mol. The van der Waals surface area contributed by atoms with Crippen molar-refractivity contribution in [2.75, 3.05) is 0 Å². The Labute approximate surface area is 83.5 Å². The van der Waals surface area contributed by atoms with E-state index in [-0.39, 0.29) is 5.69 Å². The summed E-state index contributed by atoms with van der Waals surface area (Å²) in [5.74, 6) is -0.523. The van der Waals surface area contributed by atoms with Crippen LogP contribution < -0.4 is 0 Å². The lowest BCUT2D eigenvalue weighted by Gasteiger charge is -1.96. The molecule has 2 heterocycles. The van der Waals surface area contributed by atoms with Crippen LogP contribution in [0, 0.1) is 5.95 Å². The van der Waals surface area contributed by atoms with Crippen molar-refractivity contribution in [3.05, 3.63) is 36.4 Å². The number of H-pyrrole nitrogens is 1. The standard InChI is InChI=1S/C9H6FN5/c10-9-8(5-11-13-9)15-7-4-2-1-3-6(7)12-14-15/h1-5H,(H,11,13). The summed E-state index contributed by atoms with van der Waals surface area (Å²) in [5.41, 5.74) is 1.74. The molecule has 0 aliphatic heterocycles. The summed E-state index contributed by atoms with van der Waals surface area (Å²) >= 11 is 0. The third-order valence-corrected chi connectivity index (χ3v) is 2.15. The van der Waals surface area contributed by atoms with Crippen molar-refractivity contribution >= 4 is 11.0 Å². The number of halogens is 1. The maximum atomic E-state index is 13.2. The molecular weight excluding hydrogens is 197 g/mol. The lowest BCUT2D eigenvalue weighted by atomic mass is 10.3. The van der Waals surface area contributed by atoms with E-state index in [1.165, 1.54) is 10.9 Å². The number of benzene rings is 1. The molecule has 0 spiro atoms. The van der Waals surface area contributed by atoms with Crippen LogP contribution in [0.5, 0.6) is 0 Å². The Balaban J connectivity index is 2.32. The fourth-order valence-electron chi connectivity index (χ4n) is 1.46. The Morgan fingerprint density at radius 2 is 2.13 bits per heavy atom. The fraction of sp³-hybridized carbons (Fsp3) is 0. The van der Waals surface area contributed by atoms with E-state index in [0.717, 1.165) is 11.0 Å². The number of para-hydroxylation sites is 1. The van der Waals surface area contributed by atoms with Crippen LogP contribution in [0.2, 0.25) is 0 Å². The molecule has 15 heavy (non-hydrogen) atoms. The predicted molar refractivity (Wildman–Crippen MR) is 51.0 cm³/mol. The van der Waals surface area contributed by atoms with E-state index < -0.39 is 5.95 Å². The van der Waals surface area contributed by atoms with E-state index in [1.54, 1.807) is 0 Å². The topological polar surface area (TPSA) is 59.4 Å². The molecule has 74 valence electrons. The highest BCUT2D eigenvalue weighted by Crippen LogP contribution is 2.16. The average molecular weight is 203 g/mol. The Morgan fingerprint density at radius 3 is 2.93 bits per heavy atom. The second-order valence-corrected chi connectivity index (χ2v) is 3.06. The van der Waals surface area contributed by atoms with E-state index in [9.17, 15) is 4.39 Å². The molecule has 0 saturated carbocycles. The van der Waals surface area contributed by atoms with Gasteiger partial charge in [0.15, 0.2) is 0 Å². The van der Waals surface area contributed by atoms with Crippen molar-refractivity contribution < 1.29 is 4.39 Å². The van der Waals surface area contributed by atoms with Crippen molar-refractivity contribution in [1.29, 1.82) is 0 Å². The normalized spacial score (nSPS) is 11.0. The summed E-state index contributed by atoms with van der Waals surface area (Å²) in [6, 6.07) is 7.34. The van der Waals surface area contributed by atoms with Gasteiger partial charge in [0.25, 0.3) is 0 Å². The van der Waals surface area contributed by atoms with Gasteiger partial charge < -0.3 is 0 Å². The molecule has 1 N–H and O–H groups in total. The number of hydrogen-bond acceptors (Lipinski definition) is 3. The van der Waals surface area contributed by atoms with Crippen LogP contribution in [0.15, 0.2) is 30.5 Å². The minimum absolute atomic E-state index is 0.267. The number of fused-ring (bicyclic) bond motifs is 1. The van der Waals surface area contributed by atoms with Crippen molar-refractivity contribution in [3.63, 3.8) is 0 Å². The van der Waals surface area contributed by atoms with Gasteiger partial charge in [0.05, 0.1) is 11.7 Å². The molecule has 6 heteroatoms. The first-order chi connectivity index (χ1) is 7.36. The first kappa shape index (κ1) is 8.10. The third kappa shape index (κ3) is 1.11. The molecule has 0 bridgehead atoms. The molecular formula is C9H6FN5. The Hall–Kier alpha value is -2.24. The average Bonchev–Trinajstić information content (AvgIpc) is 2.83. The number of hydrogen-bond donors (Lipinski definition) is 1. The molecule has 0 amide bonds. The smallest absolute Gasteiger partial charge is 0.234 e. The van der Waals surface area contributed by atoms with Gasteiger partial charge in [-0.15, -0.1) is 5.10 Å². The molecule has 2 aromatic heterocycles. The van der Waals surface area contributed by atoms with Gasteiger partial charge in [0.2, 0.25) is 5.95 Å². The molecule has 3 aromatic rings. The van der Waals surface area contributed by atoms with E-state index in [1.807, 2.05) is 24.3 Å². The Bertz CT molecular complexity index is 612. The summed E-state index contributed by atoms with van der Waals surface area (Å²) in [7, 11) is 0. The van der Waals surface area contributed by atoms with Crippen LogP contribution in [-0.4, -0.2) is 25.2 Å². The Kier molecular flexibility index (Phi) is 1.55. The predicted octanol–water partition coefficient (Wildman–Crippen LogP) is 1.28. The minimum Gasteiger partial charge on any atom is -0.251 e. The van der Waals surface area contributed by atoms with Gasteiger partial charge in [-0.05, 0) is 12.1 Å². The zero-order valence-corrected chi connectivity index (χ0v) is 7.55. The minimum atomic E-state index is -0.523. The molecule has 0 aliphatic rings. The summed E-state index contributed by atoms with van der Waals surface area (Å²) in [6.07, 6.45) is 1.37. The van der Waals surface area contributed by atoms with Crippen LogP contribution in [0.25, 0.3) is 16.7 Å². The molecule has 0 radical (unpaired) electrons. The van der Waals surface area contributed by atoms with Crippen LogP contribution >= 0.6 is 0 Å². The maximum absolute atomic E-state index is 13.2. The number of nitrogens with one attached hydrogen (secondary N) is 1. The van der Waals surface area contributed by atoms with E-state index >= 15 is 0 Å². The molecule has 0 unspecified atom stereocenters. The van der Waals surface area contributed by atoms with Gasteiger partial charge in [-0.3, -0.25) is 5.10 Å². The number of rotatable bonds is 1. The zero-order chi connectivity index (χ0) is 10.3. The second kappa shape index (κ2) is 2.88. The van der Waals surface area contributed by atoms with Gasteiger partial charge in [-0.2, -0.15) is 9.49 Å². The quantitative estimate of drug-likeness (QED) is 0.648. The van der Waals surface area contributed by atoms with Crippen molar-refractivity contribution in [2.24, 2.45) is 0 Å². The first-order valence-corrected chi connectivity index (χ1v) is 4.36. The van der Waals surface area contributed by atoms with E-state index in [0.29, 0.717) is 0 Å². The number of aromatic amines is 1. The number of nitrogens with zero attached hydrogens (tertiary/aromatic N) is 4. The van der Waals surface area contributed by atoms with Gasteiger partial charge >= 0.3 is 0 Å². The summed E-state index contributed by atoms with van der Waals surface area (Å²) in [4.78, 5) is 0. The van der Waals surface area contributed by atoms with Crippen LogP contribution in [-0.2, 0) is 0 Å². The highest BCUT2D eigenvalue weighted by atomic mass is 19.1. The lowest BCUT2D eigenvalue weighted by Crippen LogP contribution is -1.97. The number of aromatic nitrogens is 5. The van der Waals surface area contributed by atoms with Gasteiger partial charge in [-0.1, -0.05) is 17.3 Å². The highest BCUT2D eigenvalue weighted by molar-refractivity contribution is 5.75. The third-order valence-electron chi connectivity index (χ3n) is 2.15. The Morgan fingerprint density at radius 1 is 1.27 bits per heavy atom.